The first kappa shape index (κ1) is 11.4. The standard InChI is InChI=1S/C14H10N4OS/c1-17-11-13(16-12(17)9-5-7-20-8-9)18-6-3-2-4-10(18)15-14(11)19/h2-8H,1H3. The second-order valence-electron chi connectivity index (χ2n) is 4.52. The van der Waals surface area contributed by atoms with Gasteiger partial charge in [-0.25, -0.2) is 4.98 Å². The van der Waals surface area contributed by atoms with Crippen LogP contribution in [0.2, 0.25) is 0 Å². The highest BCUT2D eigenvalue weighted by Crippen LogP contribution is 2.23. The molecule has 98 valence electrons. The van der Waals surface area contributed by atoms with Gasteiger partial charge in [-0.15, -0.1) is 0 Å². The summed E-state index contributed by atoms with van der Waals surface area (Å²) < 4.78 is 3.65. The summed E-state index contributed by atoms with van der Waals surface area (Å²) in [6, 6.07) is 7.56. The van der Waals surface area contributed by atoms with Gasteiger partial charge in [0.2, 0.25) is 0 Å². The smallest absolute Gasteiger partial charge is 0.299 e. The maximum atomic E-state index is 12.2. The number of hydrogen-bond acceptors (Lipinski definition) is 4. The number of aryl methyl sites for hydroxylation is 1. The zero-order valence-corrected chi connectivity index (χ0v) is 11.5. The summed E-state index contributed by atoms with van der Waals surface area (Å²) in [6.45, 7) is 0. The van der Waals surface area contributed by atoms with E-state index in [0.717, 1.165) is 11.4 Å². The molecule has 0 N–H and O–H groups in total. The topological polar surface area (TPSA) is 52.2 Å². The largest absolute Gasteiger partial charge is 0.321 e. The van der Waals surface area contributed by atoms with E-state index in [9.17, 15) is 4.79 Å². The van der Waals surface area contributed by atoms with Gasteiger partial charge in [0.15, 0.2) is 11.2 Å². The summed E-state index contributed by atoms with van der Waals surface area (Å²) in [7, 11) is 1.85. The van der Waals surface area contributed by atoms with Crippen molar-refractivity contribution in [2.45, 2.75) is 0 Å². The van der Waals surface area contributed by atoms with Gasteiger partial charge in [0, 0.05) is 24.2 Å². The second-order valence-corrected chi connectivity index (χ2v) is 5.30. The van der Waals surface area contributed by atoms with Gasteiger partial charge >= 0.3 is 0 Å². The molecular weight excluding hydrogens is 272 g/mol. The van der Waals surface area contributed by atoms with Crippen LogP contribution in [-0.2, 0) is 7.05 Å². The van der Waals surface area contributed by atoms with E-state index < -0.39 is 0 Å². The van der Waals surface area contributed by atoms with Crippen LogP contribution < -0.4 is 5.56 Å². The first-order valence-electron chi connectivity index (χ1n) is 6.12. The van der Waals surface area contributed by atoms with Crippen molar-refractivity contribution in [2.24, 2.45) is 7.05 Å². The molecule has 0 aliphatic carbocycles. The first-order valence-corrected chi connectivity index (χ1v) is 7.06. The minimum absolute atomic E-state index is 0.248. The average molecular weight is 282 g/mol. The summed E-state index contributed by atoms with van der Waals surface area (Å²) in [4.78, 5) is 21.0. The zero-order valence-electron chi connectivity index (χ0n) is 10.6. The van der Waals surface area contributed by atoms with E-state index in [4.69, 9.17) is 0 Å². The molecular formula is C14H10N4OS. The molecule has 5 nitrogen and oxygen atoms in total. The summed E-state index contributed by atoms with van der Waals surface area (Å²) in [6.07, 6.45) is 1.87. The van der Waals surface area contributed by atoms with Gasteiger partial charge < -0.3 is 4.57 Å². The Morgan fingerprint density at radius 3 is 2.90 bits per heavy atom. The highest BCUT2D eigenvalue weighted by Gasteiger charge is 2.15. The van der Waals surface area contributed by atoms with Gasteiger partial charge in [-0.05, 0) is 23.6 Å². The molecule has 0 saturated heterocycles. The van der Waals surface area contributed by atoms with Crippen molar-refractivity contribution in [1.29, 1.82) is 0 Å². The third kappa shape index (κ3) is 1.45. The molecule has 0 amide bonds. The lowest BCUT2D eigenvalue weighted by molar-refractivity contribution is 0.951. The Balaban J connectivity index is 2.22. The highest BCUT2D eigenvalue weighted by molar-refractivity contribution is 7.08. The molecule has 0 unspecified atom stereocenters. The van der Waals surface area contributed by atoms with Crippen molar-refractivity contribution in [2.75, 3.05) is 0 Å². The fourth-order valence-corrected chi connectivity index (χ4v) is 3.04. The number of fused-ring (bicyclic) bond motifs is 3. The number of aromatic nitrogens is 4. The number of rotatable bonds is 1. The summed E-state index contributed by atoms with van der Waals surface area (Å²) in [5.41, 5.74) is 2.54. The van der Waals surface area contributed by atoms with Crippen molar-refractivity contribution in [3.05, 3.63) is 51.6 Å². The molecule has 4 heterocycles. The van der Waals surface area contributed by atoms with E-state index in [1.165, 1.54) is 0 Å². The van der Waals surface area contributed by atoms with Crippen molar-refractivity contribution in [3.8, 4) is 11.4 Å². The van der Waals surface area contributed by atoms with E-state index in [2.05, 4.69) is 9.97 Å². The lowest BCUT2D eigenvalue weighted by Gasteiger charge is -2.00. The van der Waals surface area contributed by atoms with Gasteiger partial charge in [-0.2, -0.15) is 16.3 Å². The molecule has 0 saturated carbocycles. The maximum absolute atomic E-state index is 12.2. The summed E-state index contributed by atoms with van der Waals surface area (Å²) in [5, 5.41) is 4.02. The number of hydrogen-bond donors (Lipinski definition) is 0. The monoisotopic (exact) mass is 282 g/mol. The molecule has 0 aliphatic heterocycles. The molecule has 20 heavy (non-hydrogen) atoms. The molecule has 0 fully saturated rings. The van der Waals surface area contributed by atoms with E-state index in [-0.39, 0.29) is 5.56 Å². The van der Waals surface area contributed by atoms with E-state index >= 15 is 0 Å². The van der Waals surface area contributed by atoms with E-state index in [1.54, 1.807) is 17.4 Å². The Bertz CT molecular complexity index is 982. The van der Waals surface area contributed by atoms with Crippen LogP contribution in [0.15, 0.2) is 46.0 Å². The Labute approximate surface area is 117 Å². The van der Waals surface area contributed by atoms with Crippen LogP contribution in [0, 0.1) is 0 Å². The number of imidazole rings is 1. The van der Waals surface area contributed by atoms with Gasteiger partial charge in [-0.3, -0.25) is 9.20 Å². The fraction of sp³-hybridized carbons (Fsp3) is 0.0714. The summed E-state index contributed by atoms with van der Waals surface area (Å²) >= 11 is 1.61. The number of nitrogens with zero attached hydrogens (tertiary/aromatic N) is 4. The summed E-state index contributed by atoms with van der Waals surface area (Å²) in [5.74, 6) is 0.781. The molecule has 0 spiro atoms. The van der Waals surface area contributed by atoms with Crippen LogP contribution in [0.4, 0.5) is 0 Å². The molecule has 0 bridgehead atoms. The SMILES string of the molecule is Cn1c(-c2ccsc2)nc2c1c(=O)nc1ccccn12. The minimum atomic E-state index is -0.248. The molecule has 0 radical (unpaired) electrons. The van der Waals surface area contributed by atoms with Crippen LogP contribution in [0.25, 0.3) is 28.2 Å². The lowest BCUT2D eigenvalue weighted by Crippen LogP contribution is -2.12. The minimum Gasteiger partial charge on any atom is -0.321 e. The Morgan fingerprint density at radius 2 is 2.10 bits per heavy atom. The third-order valence-electron chi connectivity index (χ3n) is 3.34. The molecule has 0 atom stereocenters. The Morgan fingerprint density at radius 1 is 1.20 bits per heavy atom. The number of pyridine rings is 1. The molecule has 0 aromatic carbocycles. The van der Waals surface area contributed by atoms with Crippen molar-refractivity contribution < 1.29 is 0 Å². The fourth-order valence-electron chi connectivity index (χ4n) is 2.40. The van der Waals surface area contributed by atoms with Crippen molar-refractivity contribution >= 4 is 28.1 Å². The predicted octanol–water partition coefficient (Wildman–Crippen LogP) is 2.31. The molecule has 4 aromatic heterocycles. The van der Waals surface area contributed by atoms with Gasteiger partial charge in [0.05, 0.1) is 0 Å². The van der Waals surface area contributed by atoms with Crippen LogP contribution in [0.3, 0.4) is 0 Å². The van der Waals surface area contributed by atoms with E-state index in [0.29, 0.717) is 16.8 Å². The van der Waals surface area contributed by atoms with Crippen LogP contribution in [0.1, 0.15) is 0 Å². The second kappa shape index (κ2) is 4.01. The number of thiophene rings is 1. The normalized spacial score (nSPS) is 11.4. The first-order chi connectivity index (χ1) is 9.75. The zero-order chi connectivity index (χ0) is 13.7. The molecule has 6 heteroatoms. The Kier molecular flexibility index (Phi) is 2.28. The molecule has 4 rings (SSSR count). The third-order valence-corrected chi connectivity index (χ3v) is 4.02. The van der Waals surface area contributed by atoms with Gasteiger partial charge in [0.25, 0.3) is 5.56 Å². The highest BCUT2D eigenvalue weighted by atomic mass is 32.1. The molecule has 0 aliphatic rings. The van der Waals surface area contributed by atoms with E-state index in [1.807, 2.05) is 51.2 Å². The van der Waals surface area contributed by atoms with Gasteiger partial charge in [-0.1, -0.05) is 6.07 Å². The van der Waals surface area contributed by atoms with Gasteiger partial charge in [0.1, 0.15) is 11.5 Å². The van der Waals surface area contributed by atoms with Crippen molar-refractivity contribution in [3.63, 3.8) is 0 Å². The quantitative estimate of drug-likeness (QED) is 0.538. The van der Waals surface area contributed by atoms with Crippen LogP contribution >= 0.6 is 11.3 Å². The van der Waals surface area contributed by atoms with Crippen LogP contribution in [0.5, 0.6) is 0 Å². The lowest BCUT2D eigenvalue weighted by atomic mass is 10.3. The molecule has 4 aromatic rings. The average Bonchev–Trinajstić information content (AvgIpc) is 3.07. The maximum Gasteiger partial charge on any atom is 0.299 e. The van der Waals surface area contributed by atoms with Crippen LogP contribution in [-0.4, -0.2) is 18.9 Å². The van der Waals surface area contributed by atoms with Crippen molar-refractivity contribution in [1.82, 2.24) is 18.9 Å². The predicted molar refractivity (Wildman–Crippen MR) is 79.0 cm³/mol. The Hall–Kier alpha value is -2.47.